The van der Waals surface area contributed by atoms with Crippen molar-refractivity contribution in [1.82, 2.24) is 0 Å². The van der Waals surface area contributed by atoms with Gasteiger partial charge in [0.25, 0.3) is 0 Å². The molecule has 0 aliphatic carbocycles. The third-order valence-corrected chi connectivity index (χ3v) is 3.90. The van der Waals surface area contributed by atoms with E-state index >= 15 is 0 Å². The largest absolute Gasteiger partial charge is 0.493 e. The monoisotopic (exact) mass is 284 g/mol. The Balaban J connectivity index is 1.61. The van der Waals surface area contributed by atoms with Gasteiger partial charge in [-0.25, -0.2) is 0 Å². The molecule has 2 atom stereocenters. The van der Waals surface area contributed by atoms with Crippen molar-refractivity contribution >= 4 is 0 Å². The third-order valence-electron chi connectivity index (χ3n) is 3.90. The van der Waals surface area contributed by atoms with E-state index in [2.05, 4.69) is 6.07 Å². The Morgan fingerprint density at radius 2 is 1.95 bits per heavy atom. The lowest BCUT2D eigenvalue weighted by Gasteiger charge is -2.13. The van der Waals surface area contributed by atoms with Crippen LogP contribution in [-0.2, 0) is 0 Å². The zero-order chi connectivity index (χ0) is 14.7. The minimum absolute atomic E-state index is 0.280. The molecule has 2 aromatic carbocycles. The van der Waals surface area contributed by atoms with Gasteiger partial charge < -0.3 is 14.6 Å². The first-order chi connectivity index (χ1) is 10.3. The van der Waals surface area contributed by atoms with Crippen molar-refractivity contribution in [1.29, 1.82) is 0 Å². The fourth-order valence-electron chi connectivity index (χ4n) is 2.59. The maximum atomic E-state index is 9.77. The average Bonchev–Trinajstić information content (AvgIpc) is 2.96. The summed E-state index contributed by atoms with van der Waals surface area (Å²) in [5.41, 5.74) is 2.15. The Bertz CT molecular complexity index is 592. The lowest BCUT2D eigenvalue weighted by molar-refractivity contribution is 0.173. The number of hydrogen-bond acceptors (Lipinski definition) is 3. The minimum atomic E-state index is -0.394. The van der Waals surface area contributed by atoms with Crippen LogP contribution in [0, 0.1) is 0 Å². The van der Waals surface area contributed by atoms with Crippen molar-refractivity contribution in [3.63, 3.8) is 0 Å². The average molecular weight is 284 g/mol. The summed E-state index contributed by atoms with van der Waals surface area (Å²) in [5.74, 6) is 2.07. The molecule has 1 unspecified atom stereocenters. The Labute approximate surface area is 125 Å². The van der Waals surface area contributed by atoms with Gasteiger partial charge in [0, 0.05) is 5.56 Å². The number of ether oxygens (including phenoxy) is 2. The van der Waals surface area contributed by atoms with E-state index in [1.54, 1.807) is 0 Å². The number of aliphatic hydroxyl groups is 1. The second-order valence-electron chi connectivity index (χ2n) is 5.35. The third kappa shape index (κ3) is 3.03. The minimum Gasteiger partial charge on any atom is -0.493 e. The van der Waals surface area contributed by atoms with Crippen LogP contribution in [0.3, 0.4) is 0 Å². The summed E-state index contributed by atoms with van der Waals surface area (Å²) in [6.45, 7) is 3.24. The quantitative estimate of drug-likeness (QED) is 0.910. The van der Waals surface area contributed by atoms with Crippen LogP contribution in [0.25, 0.3) is 0 Å². The molecule has 110 valence electrons. The van der Waals surface area contributed by atoms with Crippen LogP contribution in [-0.4, -0.2) is 18.3 Å². The van der Waals surface area contributed by atoms with E-state index in [1.165, 1.54) is 5.56 Å². The fraction of sp³-hybridized carbons (Fsp3) is 0.333. The summed E-state index contributed by atoms with van der Waals surface area (Å²) in [6, 6.07) is 15.8. The molecule has 3 nitrogen and oxygen atoms in total. The highest BCUT2D eigenvalue weighted by molar-refractivity contribution is 5.39. The molecule has 1 N–H and O–H groups in total. The van der Waals surface area contributed by atoms with Gasteiger partial charge in [-0.15, -0.1) is 0 Å². The van der Waals surface area contributed by atoms with Gasteiger partial charge in [0.05, 0.1) is 25.2 Å². The number of hydrogen-bond donors (Lipinski definition) is 1. The molecule has 0 fully saturated rings. The van der Waals surface area contributed by atoms with E-state index < -0.39 is 6.10 Å². The fourth-order valence-corrected chi connectivity index (χ4v) is 2.59. The normalized spacial score (nSPS) is 17.9. The maximum Gasteiger partial charge on any atom is 0.123 e. The first-order valence-electron chi connectivity index (χ1n) is 7.40. The van der Waals surface area contributed by atoms with E-state index in [0.29, 0.717) is 13.2 Å². The van der Waals surface area contributed by atoms with Crippen LogP contribution in [0.5, 0.6) is 11.5 Å². The predicted octanol–water partition coefficient (Wildman–Crippen LogP) is 3.69. The number of benzene rings is 2. The summed E-state index contributed by atoms with van der Waals surface area (Å²) in [5, 5.41) is 9.77. The molecule has 0 spiro atoms. The van der Waals surface area contributed by atoms with Crippen LogP contribution < -0.4 is 9.47 Å². The molecule has 0 aromatic heterocycles. The van der Waals surface area contributed by atoms with Crippen LogP contribution >= 0.6 is 0 Å². The molecule has 3 rings (SSSR count). The van der Waals surface area contributed by atoms with E-state index in [4.69, 9.17) is 9.47 Å². The number of aliphatic hydroxyl groups excluding tert-OH is 1. The summed E-state index contributed by atoms with van der Waals surface area (Å²) >= 11 is 0. The van der Waals surface area contributed by atoms with E-state index in [0.717, 1.165) is 23.5 Å². The first-order valence-corrected chi connectivity index (χ1v) is 7.40. The van der Waals surface area contributed by atoms with Gasteiger partial charge in [0.1, 0.15) is 11.5 Å². The van der Waals surface area contributed by atoms with E-state index in [-0.39, 0.29) is 5.92 Å². The Morgan fingerprint density at radius 1 is 1.19 bits per heavy atom. The Morgan fingerprint density at radius 3 is 2.71 bits per heavy atom. The van der Waals surface area contributed by atoms with Crippen LogP contribution in [0.4, 0.5) is 0 Å². The lowest BCUT2D eigenvalue weighted by Crippen LogP contribution is -2.11. The smallest absolute Gasteiger partial charge is 0.123 e. The van der Waals surface area contributed by atoms with Crippen molar-refractivity contribution in [2.24, 2.45) is 0 Å². The molecule has 2 aromatic rings. The van der Waals surface area contributed by atoms with Gasteiger partial charge in [-0.2, -0.15) is 0 Å². The second kappa shape index (κ2) is 6.19. The van der Waals surface area contributed by atoms with Gasteiger partial charge in [0.15, 0.2) is 0 Å². The first kappa shape index (κ1) is 14.0. The highest BCUT2D eigenvalue weighted by atomic mass is 16.5. The number of fused-ring (bicyclic) bond motifs is 1. The van der Waals surface area contributed by atoms with Crippen LogP contribution in [0.1, 0.15) is 36.5 Å². The van der Waals surface area contributed by atoms with Gasteiger partial charge >= 0.3 is 0 Å². The molecule has 0 saturated heterocycles. The molecule has 21 heavy (non-hydrogen) atoms. The molecule has 0 amide bonds. The molecule has 0 bridgehead atoms. The maximum absolute atomic E-state index is 9.77. The van der Waals surface area contributed by atoms with Crippen LogP contribution in [0.2, 0.25) is 0 Å². The number of para-hydroxylation sites is 1. The summed E-state index contributed by atoms with van der Waals surface area (Å²) in [6.07, 6.45) is 0.324. The summed E-state index contributed by atoms with van der Waals surface area (Å²) in [4.78, 5) is 0. The van der Waals surface area contributed by atoms with E-state index in [9.17, 15) is 5.11 Å². The predicted molar refractivity (Wildman–Crippen MR) is 81.9 cm³/mol. The molecular weight excluding hydrogens is 264 g/mol. The molecule has 1 aliphatic rings. The number of rotatable bonds is 5. The Hall–Kier alpha value is -2.00. The molecule has 3 heteroatoms. The molecular formula is C18H20O3. The molecule has 1 aliphatic heterocycles. The van der Waals surface area contributed by atoms with Crippen molar-refractivity contribution in [2.75, 3.05) is 13.2 Å². The molecule has 1 heterocycles. The SMILES string of the molecule is CC[C@H](O)c1ccc(OCC2COc3ccccc32)cc1. The van der Waals surface area contributed by atoms with Crippen LogP contribution in [0.15, 0.2) is 48.5 Å². The van der Waals surface area contributed by atoms with Crippen molar-refractivity contribution in [3.05, 3.63) is 59.7 Å². The van der Waals surface area contributed by atoms with Gasteiger partial charge in [-0.3, -0.25) is 0 Å². The van der Waals surface area contributed by atoms with Gasteiger partial charge in [0.2, 0.25) is 0 Å². The van der Waals surface area contributed by atoms with Gasteiger partial charge in [-0.05, 0) is 30.2 Å². The topological polar surface area (TPSA) is 38.7 Å². The zero-order valence-corrected chi connectivity index (χ0v) is 12.2. The van der Waals surface area contributed by atoms with Crippen molar-refractivity contribution in [2.45, 2.75) is 25.4 Å². The molecule has 0 radical (unpaired) electrons. The van der Waals surface area contributed by atoms with Gasteiger partial charge in [-0.1, -0.05) is 37.3 Å². The zero-order valence-electron chi connectivity index (χ0n) is 12.2. The van der Waals surface area contributed by atoms with Crippen molar-refractivity contribution < 1.29 is 14.6 Å². The standard InChI is InChI=1S/C18H20O3/c1-2-17(19)13-7-9-15(10-8-13)20-11-14-12-21-18-6-4-3-5-16(14)18/h3-10,14,17,19H,2,11-12H2,1H3/t14?,17-/m0/s1. The highest BCUT2D eigenvalue weighted by Crippen LogP contribution is 2.33. The second-order valence-corrected chi connectivity index (χ2v) is 5.35. The summed E-state index contributed by atoms with van der Waals surface area (Å²) in [7, 11) is 0. The van der Waals surface area contributed by atoms with E-state index in [1.807, 2.05) is 49.4 Å². The lowest BCUT2D eigenvalue weighted by atomic mass is 10.0. The summed E-state index contributed by atoms with van der Waals surface area (Å²) < 4.78 is 11.5. The molecule has 0 saturated carbocycles. The highest BCUT2D eigenvalue weighted by Gasteiger charge is 2.24. The van der Waals surface area contributed by atoms with Crippen molar-refractivity contribution in [3.8, 4) is 11.5 Å². The Kier molecular flexibility index (Phi) is 4.11.